The maximum absolute atomic E-state index is 12.3. The average Bonchev–Trinajstić information content (AvgIpc) is 2.10. The lowest BCUT2D eigenvalue weighted by Gasteiger charge is -2.25. The Morgan fingerprint density at radius 1 is 1.11 bits per heavy atom. The highest BCUT2D eigenvalue weighted by molar-refractivity contribution is 9.09. The molecule has 1 N–H and O–H groups in total. The predicted octanol–water partition coefficient (Wildman–Crippen LogP) is 3.65. The van der Waals surface area contributed by atoms with Gasteiger partial charge < -0.3 is 5.32 Å². The summed E-state index contributed by atoms with van der Waals surface area (Å²) in [4.78, 5) is 11.2. The molecule has 1 atom stereocenters. The number of rotatable bonds is 5. The van der Waals surface area contributed by atoms with Crippen LogP contribution in [0, 0.1) is 11.8 Å². The van der Waals surface area contributed by atoms with Gasteiger partial charge in [-0.05, 0) is 12.3 Å². The van der Waals surface area contributed by atoms with E-state index in [2.05, 4.69) is 15.9 Å². The van der Waals surface area contributed by atoms with Crippen LogP contribution in [0.4, 0.5) is 26.3 Å². The van der Waals surface area contributed by atoms with Gasteiger partial charge in [0.1, 0.15) is 0 Å². The van der Waals surface area contributed by atoms with Gasteiger partial charge in [-0.15, -0.1) is 0 Å². The quantitative estimate of drug-likeness (QED) is 0.590. The highest BCUT2D eigenvalue weighted by Gasteiger charge is 2.61. The highest BCUT2D eigenvalue weighted by atomic mass is 79.9. The molecule has 0 aliphatic carbocycles. The molecule has 0 aromatic heterocycles. The predicted molar refractivity (Wildman–Crippen MR) is 60.8 cm³/mol. The van der Waals surface area contributed by atoms with Gasteiger partial charge in [-0.3, -0.25) is 4.79 Å². The molecule has 1 unspecified atom stereocenters. The molecular weight excluding hydrogens is 344 g/mol. The SMILES string of the molecule is CC(C)CC(CBr)NC(=O)C(C(F)(F)F)C(F)(F)F. The van der Waals surface area contributed by atoms with Crippen LogP contribution >= 0.6 is 15.9 Å². The van der Waals surface area contributed by atoms with E-state index in [9.17, 15) is 31.1 Å². The van der Waals surface area contributed by atoms with E-state index in [0.717, 1.165) is 0 Å². The zero-order valence-electron chi connectivity index (χ0n) is 10.2. The fourth-order valence-corrected chi connectivity index (χ4v) is 1.92. The number of nitrogens with one attached hydrogen (secondary N) is 1. The number of amides is 1. The minimum Gasteiger partial charge on any atom is -0.352 e. The monoisotopic (exact) mass is 357 g/mol. The lowest BCUT2D eigenvalue weighted by Crippen LogP contribution is -2.51. The Morgan fingerprint density at radius 2 is 1.53 bits per heavy atom. The summed E-state index contributed by atoms with van der Waals surface area (Å²) in [6, 6.07) is -0.778. The smallest absolute Gasteiger partial charge is 0.352 e. The summed E-state index contributed by atoms with van der Waals surface area (Å²) in [5, 5.41) is 1.87. The van der Waals surface area contributed by atoms with Gasteiger partial charge in [-0.1, -0.05) is 29.8 Å². The maximum Gasteiger partial charge on any atom is 0.409 e. The van der Waals surface area contributed by atoms with Crippen LogP contribution in [0.2, 0.25) is 0 Å². The van der Waals surface area contributed by atoms with Crippen molar-refractivity contribution in [3.05, 3.63) is 0 Å². The number of hydrogen-bond acceptors (Lipinski definition) is 1. The van der Waals surface area contributed by atoms with Crippen molar-refractivity contribution in [3.63, 3.8) is 0 Å². The molecule has 0 fully saturated rings. The lowest BCUT2D eigenvalue weighted by atomic mass is 10.0. The molecule has 0 rings (SSSR count). The second-order valence-electron chi connectivity index (χ2n) is 4.51. The minimum atomic E-state index is -5.66. The van der Waals surface area contributed by atoms with Gasteiger partial charge in [-0.25, -0.2) is 0 Å². The van der Waals surface area contributed by atoms with Crippen molar-refractivity contribution < 1.29 is 31.1 Å². The fraction of sp³-hybridized carbons (Fsp3) is 0.900. The van der Waals surface area contributed by atoms with Crippen LogP contribution < -0.4 is 5.32 Å². The Labute approximate surface area is 115 Å². The summed E-state index contributed by atoms with van der Waals surface area (Å²) in [5.74, 6) is -6.03. The third kappa shape index (κ3) is 6.49. The van der Waals surface area contributed by atoms with Crippen LogP contribution in [0.5, 0.6) is 0 Å². The van der Waals surface area contributed by atoms with E-state index < -0.39 is 30.2 Å². The van der Waals surface area contributed by atoms with E-state index >= 15 is 0 Å². The number of alkyl halides is 7. The molecule has 0 heterocycles. The molecule has 0 spiro atoms. The zero-order chi connectivity index (χ0) is 15.4. The van der Waals surface area contributed by atoms with E-state index in [1.807, 2.05) is 0 Å². The average molecular weight is 358 g/mol. The number of hydrogen-bond donors (Lipinski definition) is 1. The van der Waals surface area contributed by atoms with Crippen LogP contribution in [0.15, 0.2) is 0 Å². The Hall–Kier alpha value is -0.470. The summed E-state index contributed by atoms with van der Waals surface area (Å²) in [6.07, 6.45) is -11.0. The van der Waals surface area contributed by atoms with E-state index in [1.165, 1.54) is 0 Å². The Bertz CT molecular complexity index is 287. The van der Waals surface area contributed by atoms with Crippen LogP contribution in [0.1, 0.15) is 20.3 Å². The van der Waals surface area contributed by atoms with Gasteiger partial charge in [0.2, 0.25) is 11.8 Å². The first-order chi connectivity index (χ1) is 8.39. The summed E-state index contributed by atoms with van der Waals surface area (Å²) in [6.45, 7) is 3.49. The summed E-state index contributed by atoms with van der Waals surface area (Å²) in [5.41, 5.74) is 0. The van der Waals surface area contributed by atoms with Crippen molar-refractivity contribution in [2.24, 2.45) is 11.8 Å². The number of carbonyl (C=O) groups excluding carboxylic acids is 1. The van der Waals surface area contributed by atoms with Crippen molar-refractivity contribution in [2.75, 3.05) is 5.33 Å². The molecule has 0 aromatic carbocycles. The second-order valence-corrected chi connectivity index (χ2v) is 5.15. The molecule has 1 amide bonds. The number of halogens is 7. The van der Waals surface area contributed by atoms with Crippen LogP contribution in [0.3, 0.4) is 0 Å². The van der Waals surface area contributed by atoms with Crippen molar-refractivity contribution in [3.8, 4) is 0 Å². The first-order valence-electron chi connectivity index (χ1n) is 5.39. The van der Waals surface area contributed by atoms with E-state index in [0.29, 0.717) is 0 Å². The van der Waals surface area contributed by atoms with Gasteiger partial charge in [0.05, 0.1) is 0 Å². The van der Waals surface area contributed by atoms with Crippen LogP contribution in [-0.4, -0.2) is 29.6 Å². The third-order valence-electron chi connectivity index (χ3n) is 2.21. The maximum atomic E-state index is 12.3. The van der Waals surface area contributed by atoms with Crippen LogP contribution in [-0.2, 0) is 4.79 Å². The molecule has 114 valence electrons. The molecule has 19 heavy (non-hydrogen) atoms. The van der Waals surface area contributed by atoms with Crippen molar-refractivity contribution in [2.45, 2.75) is 38.7 Å². The molecule has 0 saturated heterocycles. The first-order valence-corrected chi connectivity index (χ1v) is 6.51. The molecule has 0 bridgehead atoms. The molecule has 0 radical (unpaired) electrons. The van der Waals surface area contributed by atoms with Gasteiger partial charge in [0.25, 0.3) is 0 Å². The minimum absolute atomic E-state index is 0.0260. The van der Waals surface area contributed by atoms with Crippen molar-refractivity contribution >= 4 is 21.8 Å². The molecule has 9 heteroatoms. The fourth-order valence-electron chi connectivity index (χ4n) is 1.50. The first kappa shape index (κ1) is 18.5. The van der Waals surface area contributed by atoms with E-state index in [4.69, 9.17) is 0 Å². The highest BCUT2D eigenvalue weighted by Crippen LogP contribution is 2.39. The van der Waals surface area contributed by atoms with Gasteiger partial charge in [-0.2, -0.15) is 26.3 Å². The Morgan fingerprint density at radius 3 is 1.79 bits per heavy atom. The largest absolute Gasteiger partial charge is 0.409 e. The molecule has 0 saturated carbocycles. The number of carbonyl (C=O) groups is 1. The van der Waals surface area contributed by atoms with Gasteiger partial charge in [0, 0.05) is 11.4 Å². The molecule has 0 aliphatic heterocycles. The van der Waals surface area contributed by atoms with E-state index in [1.54, 1.807) is 19.2 Å². The second kappa shape index (κ2) is 6.81. The normalized spacial score (nSPS) is 14.9. The molecule has 0 aromatic rings. The molecular formula is C10H14BrF6NO. The Kier molecular flexibility index (Phi) is 6.64. The third-order valence-corrected chi connectivity index (χ3v) is 2.99. The van der Waals surface area contributed by atoms with E-state index in [-0.39, 0.29) is 17.7 Å². The Balaban J connectivity index is 4.93. The summed E-state index contributed by atoms with van der Waals surface area (Å²) in [7, 11) is 0. The van der Waals surface area contributed by atoms with Crippen LogP contribution in [0.25, 0.3) is 0 Å². The zero-order valence-corrected chi connectivity index (χ0v) is 11.8. The summed E-state index contributed by atoms with van der Waals surface area (Å²) < 4.78 is 73.7. The van der Waals surface area contributed by atoms with Crippen molar-refractivity contribution in [1.82, 2.24) is 5.32 Å². The van der Waals surface area contributed by atoms with Gasteiger partial charge in [0.15, 0.2) is 0 Å². The summed E-state index contributed by atoms with van der Waals surface area (Å²) >= 11 is 2.95. The standard InChI is InChI=1S/C10H14BrF6NO/c1-5(2)3-6(4-11)18-8(19)7(9(12,13)14)10(15,16)17/h5-7H,3-4H2,1-2H3,(H,18,19). The molecule has 2 nitrogen and oxygen atoms in total. The topological polar surface area (TPSA) is 29.1 Å². The molecule has 0 aliphatic rings. The van der Waals surface area contributed by atoms with Crippen molar-refractivity contribution in [1.29, 1.82) is 0 Å². The lowest BCUT2D eigenvalue weighted by molar-refractivity contribution is -0.274. The van der Waals surface area contributed by atoms with Gasteiger partial charge >= 0.3 is 12.4 Å².